The number of aliphatic hydroxyl groups excluding tert-OH is 1. The van der Waals surface area contributed by atoms with Crippen LogP contribution in [0.1, 0.15) is 0 Å². The molecule has 10 heteroatoms. The molecular weight excluding hydrogens is 229 g/mol. The lowest BCUT2D eigenvalue weighted by molar-refractivity contribution is 0.358. The summed E-state index contributed by atoms with van der Waals surface area (Å²) < 4.78 is 56.4. The zero-order chi connectivity index (χ0) is 10.5. The zero-order valence-corrected chi connectivity index (χ0v) is 7.52. The van der Waals surface area contributed by atoms with E-state index in [4.69, 9.17) is 5.11 Å². The molecule has 76 valence electrons. The SMILES string of the molecule is O=S(=O)(F)NS(=O)(=O)OCC#CO. The smallest absolute Gasteiger partial charge is 0.387 e. The van der Waals surface area contributed by atoms with Crippen LogP contribution in [-0.2, 0) is 24.9 Å². The lowest BCUT2D eigenvalue weighted by atomic mass is 10.8. The molecule has 0 saturated heterocycles. The third kappa shape index (κ3) is 7.47. The van der Waals surface area contributed by atoms with E-state index < -0.39 is 27.3 Å². The van der Waals surface area contributed by atoms with Gasteiger partial charge in [0.25, 0.3) is 0 Å². The fourth-order valence-corrected chi connectivity index (χ4v) is 1.67. The molecule has 0 radical (unpaired) electrons. The number of aliphatic hydroxyl groups is 1. The summed E-state index contributed by atoms with van der Waals surface area (Å²) in [5.74, 6) is 1.74. The highest BCUT2D eigenvalue weighted by Gasteiger charge is 2.19. The molecule has 0 amide bonds. The highest BCUT2D eigenvalue weighted by Crippen LogP contribution is 1.92. The molecule has 0 aromatic carbocycles. The molecule has 0 aliphatic rings. The van der Waals surface area contributed by atoms with E-state index >= 15 is 0 Å². The van der Waals surface area contributed by atoms with Crippen molar-refractivity contribution in [3.05, 3.63) is 0 Å². The average molecular weight is 233 g/mol. The molecule has 0 atom stereocenters. The van der Waals surface area contributed by atoms with Gasteiger partial charge in [0.05, 0.1) is 0 Å². The molecule has 0 spiro atoms. The van der Waals surface area contributed by atoms with Crippen molar-refractivity contribution in [1.29, 1.82) is 0 Å². The van der Waals surface area contributed by atoms with E-state index in [9.17, 15) is 20.7 Å². The predicted octanol–water partition coefficient (Wildman–Crippen LogP) is -1.61. The van der Waals surface area contributed by atoms with Gasteiger partial charge in [-0.3, -0.25) is 0 Å². The van der Waals surface area contributed by atoms with Crippen molar-refractivity contribution in [2.75, 3.05) is 6.61 Å². The van der Waals surface area contributed by atoms with Gasteiger partial charge in [-0.2, -0.15) is 16.8 Å². The van der Waals surface area contributed by atoms with Crippen molar-refractivity contribution in [1.82, 2.24) is 4.13 Å². The summed E-state index contributed by atoms with van der Waals surface area (Å²) >= 11 is 0. The second-order valence-electron chi connectivity index (χ2n) is 1.53. The molecule has 0 fully saturated rings. The first kappa shape index (κ1) is 12.1. The molecule has 0 unspecified atom stereocenters. The molecule has 0 heterocycles. The minimum atomic E-state index is -5.39. The lowest BCUT2D eigenvalue weighted by Crippen LogP contribution is -2.29. The summed E-state index contributed by atoms with van der Waals surface area (Å²) in [5.41, 5.74) is 0. The average Bonchev–Trinajstić information content (AvgIpc) is 1.81. The van der Waals surface area contributed by atoms with Gasteiger partial charge < -0.3 is 5.11 Å². The van der Waals surface area contributed by atoms with Gasteiger partial charge in [0, 0.05) is 0 Å². The third-order valence-corrected chi connectivity index (χ3v) is 2.61. The summed E-state index contributed by atoms with van der Waals surface area (Å²) in [6.45, 7) is -0.790. The Morgan fingerprint density at radius 2 is 1.92 bits per heavy atom. The van der Waals surface area contributed by atoms with Gasteiger partial charge in [-0.15, -0.1) is 0 Å². The Labute approximate surface area is 74.1 Å². The van der Waals surface area contributed by atoms with E-state index in [0.717, 1.165) is 0 Å². The van der Waals surface area contributed by atoms with Gasteiger partial charge >= 0.3 is 20.7 Å². The largest absolute Gasteiger partial charge is 0.462 e. The van der Waals surface area contributed by atoms with Crippen molar-refractivity contribution in [2.24, 2.45) is 0 Å². The molecule has 0 bridgehead atoms. The van der Waals surface area contributed by atoms with Crippen LogP contribution < -0.4 is 4.13 Å². The van der Waals surface area contributed by atoms with Gasteiger partial charge in [0.15, 0.2) is 0 Å². The van der Waals surface area contributed by atoms with Gasteiger partial charge in [0.1, 0.15) is 12.7 Å². The molecule has 0 aliphatic carbocycles. The Kier molecular flexibility index (Phi) is 4.08. The molecular formula is C3H4FNO6S2. The Morgan fingerprint density at radius 3 is 2.31 bits per heavy atom. The second kappa shape index (κ2) is 4.38. The first-order valence-electron chi connectivity index (χ1n) is 2.51. The van der Waals surface area contributed by atoms with Crippen molar-refractivity contribution in [3.63, 3.8) is 0 Å². The maximum atomic E-state index is 11.7. The molecule has 0 aliphatic heterocycles. The van der Waals surface area contributed by atoms with E-state index in [1.807, 2.05) is 0 Å². The Morgan fingerprint density at radius 1 is 1.38 bits per heavy atom. The van der Waals surface area contributed by atoms with Crippen LogP contribution in [0.4, 0.5) is 3.89 Å². The van der Waals surface area contributed by atoms with Gasteiger partial charge in [-0.25, -0.2) is 4.18 Å². The lowest BCUT2D eigenvalue weighted by Gasteiger charge is -1.98. The first-order valence-corrected chi connectivity index (χ1v) is 5.30. The Balaban J connectivity index is 4.33. The number of hydrogen-bond acceptors (Lipinski definition) is 6. The minimum Gasteiger partial charge on any atom is -0.462 e. The molecule has 0 aromatic rings. The molecule has 0 rings (SSSR count). The quantitative estimate of drug-likeness (QED) is 0.446. The number of nitrogens with one attached hydrogen (secondary N) is 1. The van der Waals surface area contributed by atoms with Crippen molar-refractivity contribution >= 4 is 20.7 Å². The van der Waals surface area contributed by atoms with Crippen LogP contribution in [-0.4, -0.2) is 28.5 Å². The van der Waals surface area contributed by atoms with Gasteiger partial charge in [-0.1, -0.05) is 8.01 Å². The van der Waals surface area contributed by atoms with Crippen LogP contribution in [0.5, 0.6) is 0 Å². The van der Waals surface area contributed by atoms with E-state index in [2.05, 4.69) is 4.18 Å². The summed E-state index contributed by atoms with van der Waals surface area (Å²) in [7, 11) is -10.1. The van der Waals surface area contributed by atoms with E-state index in [-0.39, 0.29) is 0 Å². The monoisotopic (exact) mass is 233 g/mol. The van der Waals surface area contributed by atoms with Crippen molar-refractivity contribution in [2.45, 2.75) is 0 Å². The van der Waals surface area contributed by atoms with E-state index in [0.29, 0.717) is 4.13 Å². The Hall–Kier alpha value is -0.890. The van der Waals surface area contributed by atoms with Crippen LogP contribution >= 0.6 is 0 Å². The molecule has 7 nitrogen and oxygen atoms in total. The van der Waals surface area contributed by atoms with Crippen LogP contribution in [0.3, 0.4) is 0 Å². The van der Waals surface area contributed by atoms with E-state index in [1.165, 1.54) is 6.11 Å². The summed E-state index contributed by atoms with van der Waals surface area (Å²) in [4.78, 5) is 0. The van der Waals surface area contributed by atoms with Crippen LogP contribution in [0.2, 0.25) is 0 Å². The molecule has 0 saturated carbocycles. The highest BCUT2D eigenvalue weighted by atomic mass is 32.3. The number of hydrogen-bond donors (Lipinski definition) is 2. The fraction of sp³-hybridized carbons (Fsp3) is 0.333. The first-order chi connectivity index (χ1) is 5.77. The highest BCUT2D eigenvalue weighted by molar-refractivity contribution is 8.00. The van der Waals surface area contributed by atoms with Crippen LogP contribution in [0, 0.1) is 12.0 Å². The van der Waals surface area contributed by atoms with Gasteiger partial charge in [-0.05, 0) is 5.92 Å². The predicted molar refractivity (Wildman–Crippen MR) is 37.7 cm³/mol. The molecule has 0 aromatic heterocycles. The van der Waals surface area contributed by atoms with Crippen molar-refractivity contribution < 1.29 is 30.0 Å². The van der Waals surface area contributed by atoms with Crippen molar-refractivity contribution in [3.8, 4) is 12.0 Å². The summed E-state index contributed by atoms with van der Waals surface area (Å²) in [6.07, 6.45) is 1.29. The van der Waals surface area contributed by atoms with E-state index in [1.54, 1.807) is 5.92 Å². The zero-order valence-electron chi connectivity index (χ0n) is 5.89. The normalized spacial score (nSPS) is 11.8. The Bertz CT molecular complexity index is 413. The van der Waals surface area contributed by atoms with Gasteiger partial charge in [0.2, 0.25) is 0 Å². The minimum absolute atomic E-state index is 0.561. The third-order valence-electron chi connectivity index (χ3n) is 0.567. The number of halogens is 1. The summed E-state index contributed by atoms with van der Waals surface area (Å²) in [6, 6.07) is 0. The van der Waals surface area contributed by atoms with Crippen LogP contribution in [0.25, 0.3) is 0 Å². The fourth-order valence-electron chi connectivity index (χ4n) is 0.285. The topological polar surface area (TPSA) is 110 Å². The maximum absolute atomic E-state index is 11.7. The molecule has 13 heavy (non-hydrogen) atoms. The van der Waals surface area contributed by atoms with Crippen LogP contribution in [0.15, 0.2) is 0 Å². The number of rotatable bonds is 4. The molecule has 2 N–H and O–H groups in total. The summed E-state index contributed by atoms with van der Waals surface area (Å²) in [5, 5.41) is 7.85. The second-order valence-corrected chi connectivity index (χ2v) is 4.21. The maximum Gasteiger partial charge on any atom is 0.387 e. The standard InChI is InChI=1S/C3H4FNO6S2/c4-12(7,8)5-13(9,10)11-3-1-2-6/h5-6H,3H2.